The molecule has 0 spiro atoms. The molecular weight excluding hydrogens is 346 g/mol. The molecule has 3 rings (SSSR count). The molecule has 2 heterocycles. The Morgan fingerprint density at radius 2 is 1.92 bits per heavy atom. The van der Waals surface area contributed by atoms with E-state index in [2.05, 4.69) is 33.9 Å². The molecule has 136 valence electrons. The van der Waals surface area contributed by atoms with E-state index < -0.39 is 0 Å². The summed E-state index contributed by atoms with van der Waals surface area (Å²) in [6, 6.07) is 12.3. The minimum Gasteiger partial charge on any atom is -0.346 e. The van der Waals surface area contributed by atoms with Crippen molar-refractivity contribution in [2.75, 3.05) is 5.75 Å². The Hall–Kier alpha value is -2.41. The molecule has 26 heavy (non-hydrogen) atoms. The second kappa shape index (κ2) is 7.86. The predicted molar refractivity (Wildman–Crippen MR) is 103 cm³/mol. The van der Waals surface area contributed by atoms with E-state index in [0.29, 0.717) is 23.5 Å². The number of ketones is 1. The highest BCUT2D eigenvalue weighted by Gasteiger charge is 2.18. The van der Waals surface area contributed by atoms with Crippen molar-refractivity contribution in [3.63, 3.8) is 0 Å². The molecule has 0 saturated carbocycles. The van der Waals surface area contributed by atoms with E-state index in [9.17, 15) is 4.79 Å². The average Bonchev–Trinajstić information content (AvgIpc) is 3.17. The van der Waals surface area contributed by atoms with Crippen molar-refractivity contribution in [2.45, 2.75) is 45.4 Å². The SMILES string of the molecule is Cc1cc(C(=O)CSc2nnnn2Cc2ccccc2)c(C)n1C(C)C. The van der Waals surface area contributed by atoms with E-state index in [-0.39, 0.29) is 5.78 Å². The third-order valence-electron chi connectivity index (χ3n) is 4.31. The van der Waals surface area contributed by atoms with Crippen molar-refractivity contribution in [3.05, 3.63) is 58.9 Å². The first-order valence-electron chi connectivity index (χ1n) is 8.62. The lowest BCUT2D eigenvalue weighted by molar-refractivity contribution is 0.102. The zero-order valence-electron chi connectivity index (χ0n) is 15.5. The van der Waals surface area contributed by atoms with E-state index in [1.807, 2.05) is 50.2 Å². The number of Topliss-reactive ketones (excluding diaryl/α,β-unsaturated/α-hetero) is 1. The number of thioether (sulfide) groups is 1. The molecule has 2 aromatic heterocycles. The fourth-order valence-electron chi connectivity index (χ4n) is 3.22. The van der Waals surface area contributed by atoms with Gasteiger partial charge in [0.25, 0.3) is 0 Å². The van der Waals surface area contributed by atoms with E-state index in [1.54, 1.807) is 4.68 Å². The van der Waals surface area contributed by atoms with Gasteiger partial charge in [0.1, 0.15) is 0 Å². The lowest BCUT2D eigenvalue weighted by Gasteiger charge is -2.13. The Morgan fingerprint density at radius 1 is 1.19 bits per heavy atom. The van der Waals surface area contributed by atoms with Gasteiger partial charge in [0.15, 0.2) is 5.78 Å². The number of benzene rings is 1. The first-order chi connectivity index (χ1) is 12.5. The second-order valence-corrected chi connectivity index (χ2v) is 7.51. The number of carbonyl (C=O) groups excluding carboxylic acids is 1. The Morgan fingerprint density at radius 3 is 2.58 bits per heavy atom. The number of rotatable bonds is 7. The van der Waals surface area contributed by atoms with Crippen LogP contribution in [0.3, 0.4) is 0 Å². The summed E-state index contributed by atoms with van der Waals surface area (Å²) in [5.41, 5.74) is 4.03. The summed E-state index contributed by atoms with van der Waals surface area (Å²) in [4.78, 5) is 12.7. The highest BCUT2D eigenvalue weighted by molar-refractivity contribution is 7.99. The van der Waals surface area contributed by atoms with Crippen LogP contribution in [0.1, 0.15) is 47.2 Å². The number of hydrogen-bond acceptors (Lipinski definition) is 5. The van der Waals surface area contributed by atoms with Gasteiger partial charge in [-0.15, -0.1) is 5.10 Å². The molecule has 6 nitrogen and oxygen atoms in total. The Balaban J connectivity index is 1.70. The van der Waals surface area contributed by atoms with E-state index in [1.165, 1.54) is 11.8 Å². The molecule has 1 aromatic carbocycles. The smallest absolute Gasteiger partial charge is 0.210 e. The predicted octanol–water partition coefficient (Wildman–Crippen LogP) is 3.70. The molecule has 0 fully saturated rings. The van der Waals surface area contributed by atoms with Crippen molar-refractivity contribution in [1.29, 1.82) is 0 Å². The molecule has 0 radical (unpaired) electrons. The highest BCUT2D eigenvalue weighted by Crippen LogP contribution is 2.23. The van der Waals surface area contributed by atoms with Crippen molar-refractivity contribution in [1.82, 2.24) is 24.8 Å². The van der Waals surface area contributed by atoms with Crippen LogP contribution in [0.25, 0.3) is 0 Å². The Bertz CT molecular complexity index is 898. The number of nitrogens with zero attached hydrogens (tertiary/aromatic N) is 5. The molecule has 0 amide bonds. The zero-order chi connectivity index (χ0) is 18.7. The van der Waals surface area contributed by atoms with E-state index in [0.717, 1.165) is 22.5 Å². The van der Waals surface area contributed by atoms with Gasteiger partial charge in [0, 0.05) is 23.0 Å². The van der Waals surface area contributed by atoms with Crippen LogP contribution in [-0.4, -0.2) is 36.3 Å². The lowest BCUT2D eigenvalue weighted by Crippen LogP contribution is -2.09. The first kappa shape index (κ1) is 18.4. The minimum absolute atomic E-state index is 0.101. The fraction of sp³-hybridized carbons (Fsp3) is 0.368. The summed E-state index contributed by atoms with van der Waals surface area (Å²) < 4.78 is 3.92. The quantitative estimate of drug-likeness (QED) is 0.469. The monoisotopic (exact) mass is 369 g/mol. The topological polar surface area (TPSA) is 65.6 Å². The molecule has 0 N–H and O–H groups in total. The van der Waals surface area contributed by atoms with Gasteiger partial charge in [0.2, 0.25) is 5.16 Å². The van der Waals surface area contributed by atoms with Gasteiger partial charge in [-0.3, -0.25) is 4.79 Å². The van der Waals surface area contributed by atoms with Crippen LogP contribution in [0.4, 0.5) is 0 Å². The molecule has 0 aliphatic rings. The van der Waals surface area contributed by atoms with Crippen molar-refractivity contribution in [3.8, 4) is 0 Å². The molecule has 0 saturated heterocycles. The summed E-state index contributed by atoms with van der Waals surface area (Å²) in [5.74, 6) is 0.418. The summed E-state index contributed by atoms with van der Waals surface area (Å²) in [6.07, 6.45) is 0. The lowest BCUT2D eigenvalue weighted by atomic mass is 10.2. The van der Waals surface area contributed by atoms with Gasteiger partial charge >= 0.3 is 0 Å². The number of aromatic nitrogens is 5. The molecular formula is C19H23N5OS. The normalized spacial score (nSPS) is 11.3. The maximum atomic E-state index is 12.7. The second-order valence-electron chi connectivity index (χ2n) is 6.57. The van der Waals surface area contributed by atoms with E-state index >= 15 is 0 Å². The van der Waals surface area contributed by atoms with Gasteiger partial charge in [-0.2, -0.15) is 0 Å². The van der Waals surface area contributed by atoms with Crippen LogP contribution >= 0.6 is 11.8 Å². The fourth-order valence-corrected chi connectivity index (χ4v) is 3.98. The van der Waals surface area contributed by atoms with Gasteiger partial charge in [-0.1, -0.05) is 42.1 Å². The molecule has 0 unspecified atom stereocenters. The van der Waals surface area contributed by atoms with Crippen LogP contribution in [0.2, 0.25) is 0 Å². The first-order valence-corrected chi connectivity index (χ1v) is 9.60. The minimum atomic E-state index is 0.101. The Kier molecular flexibility index (Phi) is 5.56. The standard InChI is InChI=1S/C19H23N5OS/c1-13(2)24-14(3)10-17(15(24)4)18(25)12-26-19-20-21-22-23(19)11-16-8-6-5-7-9-16/h5-10,13H,11-12H2,1-4H3. The van der Waals surface area contributed by atoms with Crippen LogP contribution in [0.5, 0.6) is 0 Å². The summed E-state index contributed by atoms with van der Waals surface area (Å²) in [5, 5.41) is 12.5. The van der Waals surface area contributed by atoms with Crippen molar-refractivity contribution in [2.24, 2.45) is 0 Å². The molecule has 3 aromatic rings. The largest absolute Gasteiger partial charge is 0.346 e. The number of carbonyl (C=O) groups is 1. The van der Waals surface area contributed by atoms with E-state index in [4.69, 9.17) is 0 Å². The van der Waals surface area contributed by atoms with Crippen LogP contribution in [-0.2, 0) is 6.54 Å². The van der Waals surface area contributed by atoms with Crippen LogP contribution in [0, 0.1) is 13.8 Å². The summed E-state index contributed by atoms with van der Waals surface area (Å²) in [6.45, 7) is 8.88. The maximum Gasteiger partial charge on any atom is 0.210 e. The molecule has 0 atom stereocenters. The van der Waals surface area contributed by atoms with Gasteiger partial charge in [-0.05, 0) is 49.8 Å². The van der Waals surface area contributed by atoms with Crippen molar-refractivity contribution >= 4 is 17.5 Å². The number of hydrogen-bond donors (Lipinski definition) is 0. The molecule has 7 heteroatoms. The van der Waals surface area contributed by atoms with Crippen LogP contribution in [0.15, 0.2) is 41.6 Å². The third kappa shape index (κ3) is 3.88. The molecule has 0 aliphatic carbocycles. The Labute approximate surface area is 157 Å². The third-order valence-corrected chi connectivity index (χ3v) is 5.26. The summed E-state index contributed by atoms with van der Waals surface area (Å²) in [7, 11) is 0. The van der Waals surface area contributed by atoms with Gasteiger partial charge < -0.3 is 4.57 Å². The number of tetrazole rings is 1. The summed E-state index contributed by atoms with van der Waals surface area (Å²) >= 11 is 1.38. The van der Waals surface area contributed by atoms with Gasteiger partial charge in [0.05, 0.1) is 12.3 Å². The molecule has 0 aliphatic heterocycles. The zero-order valence-corrected chi connectivity index (χ0v) is 16.3. The highest BCUT2D eigenvalue weighted by atomic mass is 32.2. The van der Waals surface area contributed by atoms with Crippen molar-refractivity contribution < 1.29 is 4.79 Å². The molecule has 0 bridgehead atoms. The van der Waals surface area contributed by atoms with Crippen LogP contribution < -0.4 is 0 Å². The van der Waals surface area contributed by atoms with Gasteiger partial charge in [-0.25, -0.2) is 4.68 Å². The number of aryl methyl sites for hydroxylation is 1. The maximum absolute atomic E-state index is 12.7. The average molecular weight is 369 g/mol.